The summed E-state index contributed by atoms with van der Waals surface area (Å²) >= 11 is 0. The van der Waals surface area contributed by atoms with E-state index in [1.807, 2.05) is 24.3 Å². The Morgan fingerprint density at radius 1 is 1.33 bits per heavy atom. The number of carbonyl (C=O) groups excluding carboxylic acids is 2. The van der Waals surface area contributed by atoms with Crippen LogP contribution in [0.3, 0.4) is 0 Å². The van der Waals surface area contributed by atoms with Gasteiger partial charge in [-0.1, -0.05) is 18.2 Å². The predicted molar refractivity (Wildman–Crippen MR) is 77.8 cm³/mol. The summed E-state index contributed by atoms with van der Waals surface area (Å²) in [5, 5.41) is 3.08. The fraction of sp³-hybridized carbons (Fsp3) is 0.500. The molecule has 112 valence electrons. The van der Waals surface area contributed by atoms with Gasteiger partial charge in [-0.2, -0.15) is 0 Å². The zero-order valence-electron chi connectivity index (χ0n) is 11.9. The quantitative estimate of drug-likeness (QED) is 0.880. The molecule has 1 fully saturated rings. The van der Waals surface area contributed by atoms with Crippen LogP contribution in [0, 0.1) is 0 Å². The van der Waals surface area contributed by atoms with Gasteiger partial charge in [0.05, 0.1) is 12.5 Å². The lowest BCUT2D eigenvalue weighted by molar-refractivity contribution is -0.128. The van der Waals surface area contributed by atoms with Gasteiger partial charge in [-0.3, -0.25) is 9.59 Å². The van der Waals surface area contributed by atoms with Gasteiger partial charge in [0.25, 0.3) is 0 Å². The van der Waals surface area contributed by atoms with Crippen molar-refractivity contribution in [1.29, 1.82) is 0 Å². The summed E-state index contributed by atoms with van der Waals surface area (Å²) in [6.07, 6.45) is 3.57. The minimum atomic E-state index is -0.420. The van der Waals surface area contributed by atoms with Crippen molar-refractivity contribution in [2.45, 2.75) is 43.6 Å². The van der Waals surface area contributed by atoms with Crippen LogP contribution in [0.1, 0.15) is 43.6 Å². The molecule has 21 heavy (non-hydrogen) atoms. The van der Waals surface area contributed by atoms with E-state index in [2.05, 4.69) is 5.32 Å². The Labute approximate surface area is 123 Å². The molecule has 3 rings (SSSR count). The SMILES string of the molecule is NC(=O)CC1(NC(=O)C2CCOc3ccccc32)CCC1. The highest BCUT2D eigenvalue weighted by Crippen LogP contribution is 2.38. The highest BCUT2D eigenvalue weighted by molar-refractivity contribution is 5.86. The first-order chi connectivity index (χ1) is 10.1. The van der Waals surface area contributed by atoms with Crippen LogP contribution in [0.5, 0.6) is 5.75 Å². The average Bonchev–Trinajstić information content (AvgIpc) is 2.43. The van der Waals surface area contributed by atoms with Crippen LogP contribution in [0.15, 0.2) is 24.3 Å². The van der Waals surface area contributed by atoms with Crippen LogP contribution in [0.4, 0.5) is 0 Å². The Balaban J connectivity index is 1.76. The molecule has 1 aromatic rings. The van der Waals surface area contributed by atoms with Crippen molar-refractivity contribution in [3.8, 4) is 5.75 Å². The van der Waals surface area contributed by atoms with Crippen molar-refractivity contribution in [2.24, 2.45) is 5.73 Å². The topological polar surface area (TPSA) is 81.4 Å². The molecule has 2 aliphatic rings. The van der Waals surface area contributed by atoms with Crippen molar-refractivity contribution in [3.05, 3.63) is 29.8 Å². The summed E-state index contributed by atoms with van der Waals surface area (Å²) in [7, 11) is 0. The number of primary amides is 1. The van der Waals surface area contributed by atoms with E-state index in [9.17, 15) is 9.59 Å². The summed E-state index contributed by atoms with van der Waals surface area (Å²) in [5.74, 6) is 0.191. The molecule has 1 aromatic carbocycles. The molecule has 0 bridgehead atoms. The second-order valence-electron chi connectivity index (χ2n) is 5.99. The van der Waals surface area contributed by atoms with E-state index in [-0.39, 0.29) is 24.2 Å². The van der Waals surface area contributed by atoms with Crippen molar-refractivity contribution in [1.82, 2.24) is 5.32 Å². The van der Waals surface area contributed by atoms with Gasteiger partial charge in [0, 0.05) is 17.5 Å². The zero-order chi connectivity index (χ0) is 14.9. The molecule has 3 N–H and O–H groups in total. The van der Waals surface area contributed by atoms with Crippen LogP contribution in [0.2, 0.25) is 0 Å². The molecule has 0 spiro atoms. The molecule has 1 unspecified atom stereocenters. The second kappa shape index (κ2) is 5.39. The van der Waals surface area contributed by atoms with Crippen LogP contribution in [-0.4, -0.2) is 24.0 Å². The second-order valence-corrected chi connectivity index (χ2v) is 5.99. The van der Waals surface area contributed by atoms with Crippen molar-refractivity contribution < 1.29 is 14.3 Å². The van der Waals surface area contributed by atoms with Gasteiger partial charge < -0.3 is 15.8 Å². The summed E-state index contributed by atoms with van der Waals surface area (Å²) in [6, 6.07) is 7.63. The van der Waals surface area contributed by atoms with Gasteiger partial charge in [0.15, 0.2) is 0 Å². The van der Waals surface area contributed by atoms with E-state index in [0.717, 1.165) is 30.6 Å². The highest BCUT2D eigenvalue weighted by Gasteiger charge is 2.41. The number of rotatable bonds is 4. The Morgan fingerprint density at radius 3 is 2.76 bits per heavy atom. The number of hydrogen-bond acceptors (Lipinski definition) is 3. The molecule has 0 aromatic heterocycles. The van der Waals surface area contributed by atoms with Gasteiger partial charge in [-0.05, 0) is 31.7 Å². The van der Waals surface area contributed by atoms with E-state index < -0.39 is 5.54 Å². The smallest absolute Gasteiger partial charge is 0.228 e. The molecule has 5 heteroatoms. The molecular formula is C16H20N2O3. The fourth-order valence-electron chi connectivity index (χ4n) is 3.25. The first-order valence-electron chi connectivity index (χ1n) is 7.42. The molecule has 0 radical (unpaired) electrons. The lowest BCUT2D eigenvalue weighted by Gasteiger charge is -2.43. The summed E-state index contributed by atoms with van der Waals surface area (Å²) in [6.45, 7) is 0.540. The maximum Gasteiger partial charge on any atom is 0.228 e. The van der Waals surface area contributed by atoms with Gasteiger partial charge in [-0.15, -0.1) is 0 Å². The number of amides is 2. The number of para-hydroxylation sites is 1. The molecule has 5 nitrogen and oxygen atoms in total. The van der Waals surface area contributed by atoms with Gasteiger partial charge in [0.2, 0.25) is 11.8 Å². The van der Waals surface area contributed by atoms with Crippen LogP contribution >= 0.6 is 0 Å². The van der Waals surface area contributed by atoms with Crippen LogP contribution < -0.4 is 15.8 Å². The number of hydrogen-bond donors (Lipinski definition) is 2. The van der Waals surface area contributed by atoms with Crippen LogP contribution in [0.25, 0.3) is 0 Å². The maximum atomic E-state index is 12.6. The molecule has 0 saturated heterocycles. The number of nitrogens with one attached hydrogen (secondary N) is 1. The van der Waals surface area contributed by atoms with E-state index in [4.69, 9.17) is 10.5 Å². The summed E-state index contributed by atoms with van der Waals surface area (Å²) in [4.78, 5) is 23.8. The minimum absolute atomic E-state index is 0.0216. The van der Waals surface area contributed by atoms with Gasteiger partial charge in [-0.25, -0.2) is 0 Å². The van der Waals surface area contributed by atoms with Crippen molar-refractivity contribution in [3.63, 3.8) is 0 Å². The molecular weight excluding hydrogens is 268 g/mol. The molecule has 1 atom stereocenters. The lowest BCUT2D eigenvalue weighted by Crippen LogP contribution is -2.56. The third-order valence-electron chi connectivity index (χ3n) is 4.49. The Kier molecular flexibility index (Phi) is 3.57. The summed E-state index contributed by atoms with van der Waals surface area (Å²) in [5.41, 5.74) is 5.81. The van der Waals surface area contributed by atoms with Crippen molar-refractivity contribution in [2.75, 3.05) is 6.61 Å². The number of benzene rings is 1. The minimum Gasteiger partial charge on any atom is -0.493 e. The van der Waals surface area contributed by atoms with Crippen molar-refractivity contribution >= 4 is 11.8 Å². The molecule has 1 saturated carbocycles. The monoisotopic (exact) mass is 288 g/mol. The highest BCUT2D eigenvalue weighted by atomic mass is 16.5. The van der Waals surface area contributed by atoms with E-state index in [1.165, 1.54) is 0 Å². The third kappa shape index (κ3) is 2.73. The van der Waals surface area contributed by atoms with Gasteiger partial charge in [0.1, 0.15) is 5.75 Å². The predicted octanol–water partition coefficient (Wildman–Crippen LogP) is 1.47. The molecule has 1 aliphatic heterocycles. The third-order valence-corrected chi connectivity index (χ3v) is 4.49. The van der Waals surface area contributed by atoms with E-state index >= 15 is 0 Å². The molecule has 1 aliphatic carbocycles. The normalized spacial score (nSPS) is 22.4. The number of carbonyl (C=O) groups is 2. The number of ether oxygens (including phenoxy) is 1. The number of fused-ring (bicyclic) bond motifs is 1. The average molecular weight is 288 g/mol. The zero-order valence-corrected chi connectivity index (χ0v) is 11.9. The number of nitrogens with two attached hydrogens (primary N) is 1. The van der Waals surface area contributed by atoms with E-state index in [0.29, 0.717) is 13.0 Å². The standard InChI is InChI=1S/C16H20N2O3/c17-14(19)10-16(7-3-8-16)18-15(20)12-6-9-21-13-5-2-1-4-11(12)13/h1-2,4-5,12H,3,6-10H2,(H2,17,19)(H,18,20). The van der Waals surface area contributed by atoms with Crippen LogP contribution in [-0.2, 0) is 9.59 Å². The lowest BCUT2D eigenvalue weighted by atomic mass is 9.73. The van der Waals surface area contributed by atoms with E-state index in [1.54, 1.807) is 0 Å². The molecule has 1 heterocycles. The Bertz CT molecular complexity index is 566. The largest absolute Gasteiger partial charge is 0.493 e. The van der Waals surface area contributed by atoms with Gasteiger partial charge >= 0.3 is 0 Å². The molecule has 2 amide bonds. The maximum absolute atomic E-state index is 12.6. The summed E-state index contributed by atoms with van der Waals surface area (Å²) < 4.78 is 5.58. The first kappa shape index (κ1) is 13.9. The Hall–Kier alpha value is -2.04. The Morgan fingerprint density at radius 2 is 2.10 bits per heavy atom. The first-order valence-corrected chi connectivity index (χ1v) is 7.42. The fourth-order valence-corrected chi connectivity index (χ4v) is 3.25.